The summed E-state index contributed by atoms with van der Waals surface area (Å²) < 4.78 is 0. The number of hydrogen-bond donors (Lipinski definition) is 1. The van der Waals surface area contributed by atoms with E-state index in [0.717, 1.165) is 25.0 Å². The van der Waals surface area contributed by atoms with E-state index >= 15 is 0 Å². The summed E-state index contributed by atoms with van der Waals surface area (Å²) in [4.78, 5) is 2.68. The largest absolute Gasteiger partial charge is 0.305 e. The molecule has 0 aromatic rings. The molecule has 0 heterocycles. The number of nitrogens with zero attached hydrogens (tertiary/aromatic N) is 1. The maximum Gasteiger partial charge on any atom is 0.0574 e. The first kappa shape index (κ1) is 14.5. The fraction of sp³-hybridized carbons (Fsp3) is 0.867. The Morgan fingerprint density at radius 1 is 1.29 bits per heavy atom. The molecule has 0 saturated heterocycles. The maximum absolute atomic E-state index is 5.24. The van der Waals surface area contributed by atoms with Gasteiger partial charge in [-0.15, -0.1) is 6.42 Å². The number of rotatable bonds is 8. The zero-order valence-electron chi connectivity index (χ0n) is 11.5. The van der Waals surface area contributed by atoms with Crippen molar-refractivity contribution in [2.75, 3.05) is 26.2 Å². The maximum atomic E-state index is 5.24. The van der Waals surface area contributed by atoms with Crippen molar-refractivity contribution in [1.82, 2.24) is 10.2 Å². The number of nitrogens with one attached hydrogen (secondary N) is 1. The van der Waals surface area contributed by atoms with Gasteiger partial charge in [-0.05, 0) is 31.7 Å². The molecule has 0 amide bonds. The van der Waals surface area contributed by atoms with Crippen LogP contribution in [-0.2, 0) is 0 Å². The Morgan fingerprint density at radius 3 is 2.59 bits per heavy atom. The van der Waals surface area contributed by atoms with Gasteiger partial charge >= 0.3 is 0 Å². The zero-order chi connectivity index (χ0) is 12.5. The van der Waals surface area contributed by atoms with Crippen molar-refractivity contribution in [3.05, 3.63) is 0 Å². The molecule has 0 unspecified atom stereocenters. The first-order chi connectivity index (χ1) is 8.24. The molecular weight excluding hydrogens is 208 g/mol. The first-order valence-electron chi connectivity index (χ1n) is 7.12. The van der Waals surface area contributed by atoms with Gasteiger partial charge in [-0.3, -0.25) is 4.90 Å². The minimum atomic E-state index is 0.697. The van der Waals surface area contributed by atoms with Crippen LogP contribution < -0.4 is 5.32 Å². The molecule has 1 aliphatic carbocycles. The van der Waals surface area contributed by atoms with Crippen molar-refractivity contribution in [2.45, 2.75) is 52.0 Å². The molecule has 2 nitrogen and oxygen atoms in total. The summed E-state index contributed by atoms with van der Waals surface area (Å²) in [6, 6.07) is 0.835. The molecule has 0 aromatic carbocycles. The Morgan fingerprint density at radius 2 is 2.00 bits per heavy atom. The van der Waals surface area contributed by atoms with E-state index in [2.05, 4.69) is 30.0 Å². The summed E-state index contributed by atoms with van der Waals surface area (Å²) in [7, 11) is 0. The third-order valence-electron chi connectivity index (χ3n) is 3.64. The van der Waals surface area contributed by atoms with Crippen LogP contribution in [0.15, 0.2) is 0 Å². The van der Waals surface area contributed by atoms with Crippen molar-refractivity contribution < 1.29 is 0 Å². The summed E-state index contributed by atoms with van der Waals surface area (Å²) in [5.74, 6) is 3.43. The lowest BCUT2D eigenvalue weighted by Crippen LogP contribution is -2.39. The Bertz CT molecular complexity index is 224. The van der Waals surface area contributed by atoms with Crippen molar-refractivity contribution in [2.24, 2.45) is 5.92 Å². The Labute approximate surface area is 107 Å². The van der Waals surface area contributed by atoms with Gasteiger partial charge in [0, 0.05) is 19.1 Å². The van der Waals surface area contributed by atoms with Crippen molar-refractivity contribution in [3.63, 3.8) is 0 Å². The van der Waals surface area contributed by atoms with Crippen molar-refractivity contribution in [3.8, 4) is 12.3 Å². The Balaban J connectivity index is 2.27. The molecule has 17 heavy (non-hydrogen) atoms. The average Bonchev–Trinajstić information content (AvgIpc) is 2.81. The van der Waals surface area contributed by atoms with Crippen LogP contribution in [0, 0.1) is 18.3 Å². The van der Waals surface area contributed by atoms with Gasteiger partial charge in [0.05, 0.1) is 6.54 Å². The lowest BCUT2D eigenvalue weighted by Gasteiger charge is -2.29. The molecule has 0 bridgehead atoms. The van der Waals surface area contributed by atoms with Gasteiger partial charge in [-0.2, -0.15) is 0 Å². The third-order valence-corrected chi connectivity index (χ3v) is 3.64. The van der Waals surface area contributed by atoms with Crippen LogP contribution >= 0.6 is 0 Å². The molecule has 0 aliphatic heterocycles. The van der Waals surface area contributed by atoms with Crippen LogP contribution in [0.3, 0.4) is 0 Å². The quantitative estimate of drug-likeness (QED) is 0.514. The van der Waals surface area contributed by atoms with Crippen LogP contribution in [0.4, 0.5) is 0 Å². The fourth-order valence-corrected chi connectivity index (χ4v) is 2.55. The molecule has 1 rings (SSSR count). The highest BCUT2D eigenvalue weighted by Crippen LogP contribution is 2.23. The van der Waals surface area contributed by atoms with Crippen LogP contribution in [-0.4, -0.2) is 37.1 Å². The minimum absolute atomic E-state index is 0.697. The molecular formula is C15H28N2. The van der Waals surface area contributed by atoms with Gasteiger partial charge in [0.2, 0.25) is 0 Å². The topological polar surface area (TPSA) is 15.3 Å². The van der Waals surface area contributed by atoms with E-state index in [4.69, 9.17) is 6.42 Å². The smallest absolute Gasteiger partial charge is 0.0574 e. The zero-order valence-corrected chi connectivity index (χ0v) is 11.5. The van der Waals surface area contributed by atoms with Crippen LogP contribution in [0.25, 0.3) is 0 Å². The van der Waals surface area contributed by atoms with Gasteiger partial charge in [0.15, 0.2) is 0 Å². The van der Waals surface area contributed by atoms with Gasteiger partial charge in [0.25, 0.3) is 0 Å². The molecule has 1 fully saturated rings. The molecule has 1 saturated carbocycles. The highest BCUT2D eigenvalue weighted by atomic mass is 15.2. The van der Waals surface area contributed by atoms with E-state index in [9.17, 15) is 0 Å². The second-order valence-corrected chi connectivity index (χ2v) is 5.54. The third kappa shape index (κ3) is 6.10. The first-order valence-corrected chi connectivity index (χ1v) is 7.12. The molecule has 0 spiro atoms. The average molecular weight is 236 g/mol. The predicted octanol–water partition coefficient (Wildman–Crippen LogP) is 2.50. The minimum Gasteiger partial charge on any atom is -0.305 e. The van der Waals surface area contributed by atoms with E-state index in [-0.39, 0.29) is 0 Å². The molecule has 1 aliphatic rings. The van der Waals surface area contributed by atoms with Crippen LogP contribution in [0.5, 0.6) is 0 Å². The Hall–Kier alpha value is -0.520. The van der Waals surface area contributed by atoms with Crippen molar-refractivity contribution >= 4 is 0 Å². The number of terminal acetylenes is 1. The lowest BCUT2D eigenvalue weighted by atomic mass is 10.1. The summed E-state index contributed by atoms with van der Waals surface area (Å²) in [6.07, 6.45) is 12.2. The van der Waals surface area contributed by atoms with Gasteiger partial charge in [-0.25, -0.2) is 0 Å². The van der Waals surface area contributed by atoms with Crippen LogP contribution in [0.1, 0.15) is 46.0 Å². The summed E-state index contributed by atoms with van der Waals surface area (Å²) in [5.41, 5.74) is 0. The SMILES string of the molecule is C#CCNCCN(CCC(C)C)C1CCCC1. The molecule has 0 atom stereocenters. The summed E-state index contributed by atoms with van der Waals surface area (Å²) >= 11 is 0. The second-order valence-electron chi connectivity index (χ2n) is 5.54. The van der Waals surface area contributed by atoms with Gasteiger partial charge in [0.1, 0.15) is 0 Å². The molecule has 0 aromatic heterocycles. The van der Waals surface area contributed by atoms with E-state index in [1.54, 1.807) is 0 Å². The monoisotopic (exact) mass is 236 g/mol. The van der Waals surface area contributed by atoms with Crippen LogP contribution in [0.2, 0.25) is 0 Å². The van der Waals surface area contributed by atoms with E-state index in [1.165, 1.54) is 38.6 Å². The summed E-state index contributed by atoms with van der Waals surface area (Å²) in [5, 5.41) is 3.30. The fourth-order valence-electron chi connectivity index (χ4n) is 2.55. The predicted molar refractivity (Wildman–Crippen MR) is 75.0 cm³/mol. The van der Waals surface area contributed by atoms with Crippen molar-refractivity contribution in [1.29, 1.82) is 0 Å². The molecule has 98 valence electrons. The molecule has 1 N–H and O–H groups in total. The summed E-state index contributed by atoms with van der Waals surface area (Å²) in [6.45, 7) is 8.74. The molecule has 0 radical (unpaired) electrons. The molecule has 2 heteroatoms. The van der Waals surface area contributed by atoms with E-state index in [0.29, 0.717) is 6.54 Å². The second kappa shape index (κ2) is 8.55. The van der Waals surface area contributed by atoms with Gasteiger partial charge < -0.3 is 5.32 Å². The van der Waals surface area contributed by atoms with Gasteiger partial charge in [-0.1, -0.05) is 32.6 Å². The number of hydrogen-bond acceptors (Lipinski definition) is 2. The Kier molecular flexibility index (Phi) is 7.32. The van der Waals surface area contributed by atoms with E-state index in [1.807, 2.05) is 0 Å². The highest BCUT2D eigenvalue weighted by Gasteiger charge is 2.21. The highest BCUT2D eigenvalue weighted by molar-refractivity contribution is 4.86. The lowest BCUT2D eigenvalue weighted by molar-refractivity contribution is 0.189. The normalized spacial score (nSPS) is 16.9. The van der Waals surface area contributed by atoms with E-state index < -0.39 is 0 Å². The standard InChI is InChI=1S/C15H28N2/c1-4-10-16-11-13-17(12-9-14(2)3)15-7-5-6-8-15/h1,14-16H,5-13H2,2-3H3.